The maximum atomic E-state index is 13.4. The van der Waals surface area contributed by atoms with Crippen LogP contribution in [0.5, 0.6) is 5.75 Å². The van der Waals surface area contributed by atoms with Gasteiger partial charge in [-0.25, -0.2) is 4.57 Å². The molecule has 9 atom stereocenters. The van der Waals surface area contributed by atoms with Crippen LogP contribution < -0.4 is 4.52 Å². The van der Waals surface area contributed by atoms with Crippen molar-refractivity contribution in [3.8, 4) is 5.75 Å². The molecule has 0 radical (unpaired) electrons. The minimum atomic E-state index is -5.57. The zero-order chi connectivity index (χ0) is 38.6. The van der Waals surface area contributed by atoms with E-state index < -0.39 is 55.5 Å². The van der Waals surface area contributed by atoms with Gasteiger partial charge >= 0.3 is 25.8 Å². The van der Waals surface area contributed by atoms with Crippen LogP contribution in [-0.4, -0.2) is 74.3 Å². The van der Waals surface area contributed by atoms with Crippen LogP contribution in [0.15, 0.2) is 18.2 Å². The molecule has 4 aliphatic rings. The van der Waals surface area contributed by atoms with Crippen LogP contribution in [0.2, 0.25) is 0 Å². The fraction of sp³-hybridized carbons (Fsp3) is 0.816. The Morgan fingerprint density at radius 1 is 1.00 bits per heavy atom. The van der Waals surface area contributed by atoms with Gasteiger partial charge in [0.15, 0.2) is 0 Å². The highest BCUT2D eigenvalue weighted by Gasteiger charge is 2.57. The Labute approximate surface area is 313 Å². The summed E-state index contributed by atoms with van der Waals surface area (Å²) in [6, 6.07) is 4.92. The van der Waals surface area contributed by atoms with Crippen molar-refractivity contribution in [1.29, 1.82) is 0 Å². The van der Waals surface area contributed by atoms with Gasteiger partial charge in [0.25, 0.3) is 0 Å². The maximum absolute atomic E-state index is 13.4. The van der Waals surface area contributed by atoms with Gasteiger partial charge in [0.1, 0.15) is 11.8 Å². The van der Waals surface area contributed by atoms with Gasteiger partial charge in [-0.3, -0.25) is 9.00 Å². The lowest BCUT2D eigenvalue weighted by molar-refractivity contribution is -0.284. The standard InChI is InChI=1S/C38H57F5NO7PS/c1-36-20-18-30-29-15-14-28(51-52(47,48)44-21-10-13-32(44)35(46)50-2)25-27(29)24-26(34(30)31(36)16-17-33(36)45)12-8-6-4-3-5-7-9-22-53(49)23-11-19-37(39,40)38(41,42)43/h14-15,25-26,30-34,45H,3-13,16-24H2,1-2H3,(H,47,48)/t26-,30?,31+,32+,33+,34-,36+,53?/m1/s1. The van der Waals surface area contributed by atoms with Crippen molar-refractivity contribution >= 4 is 24.5 Å². The molecule has 2 saturated carbocycles. The third-order valence-corrected chi connectivity index (χ3v) is 15.9. The predicted octanol–water partition coefficient (Wildman–Crippen LogP) is 9.09. The second kappa shape index (κ2) is 17.7. The van der Waals surface area contributed by atoms with Crippen LogP contribution >= 0.6 is 7.75 Å². The highest BCUT2D eigenvalue weighted by molar-refractivity contribution is 7.84. The molecule has 1 aliphatic heterocycles. The molecule has 0 bridgehead atoms. The van der Waals surface area contributed by atoms with Gasteiger partial charge in [0, 0.05) is 35.3 Å². The van der Waals surface area contributed by atoms with Crippen LogP contribution in [0, 0.1) is 23.2 Å². The Morgan fingerprint density at radius 3 is 2.38 bits per heavy atom. The Balaban J connectivity index is 1.12. The Bertz CT molecular complexity index is 1480. The molecular weight excluding hydrogens is 740 g/mol. The first-order chi connectivity index (χ1) is 25.0. The van der Waals surface area contributed by atoms with Gasteiger partial charge in [-0.05, 0) is 117 Å². The molecule has 302 valence electrons. The smallest absolute Gasteiger partial charge is 0.459 e. The zero-order valence-corrected chi connectivity index (χ0v) is 32.7. The number of nitrogens with zero attached hydrogens (tertiary/aromatic N) is 1. The molecule has 1 saturated heterocycles. The summed E-state index contributed by atoms with van der Waals surface area (Å²) in [6.07, 6.45) is 5.63. The van der Waals surface area contributed by atoms with E-state index in [-0.39, 0.29) is 23.8 Å². The van der Waals surface area contributed by atoms with Crippen molar-refractivity contribution in [2.24, 2.45) is 23.2 Å². The SMILES string of the molecule is COC(=O)[C@@H]1CCCN1P(=O)(O)Oc1ccc2c(c1)C[C@@H](CCCCCCCCCS(=O)CCCC(F)(F)C(F)(F)F)[C@@H]1C2CC[C@]2(C)[C@@H](O)CC[C@@H]12. The number of esters is 1. The van der Waals surface area contributed by atoms with Crippen LogP contribution in [0.4, 0.5) is 22.0 Å². The molecular formula is C38H57F5NO7PS. The number of ether oxygens (including phenoxy) is 1. The third kappa shape index (κ3) is 9.86. The van der Waals surface area contributed by atoms with Crippen molar-refractivity contribution in [3.63, 3.8) is 0 Å². The monoisotopic (exact) mass is 797 g/mol. The summed E-state index contributed by atoms with van der Waals surface area (Å²) >= 11 is 0. The third-order valence-electron chi connectivity index (χ3n) is 12.8. The number of methoxy groups -OCH3 is 1. The number of carbonyl (C=O) groups is 1. The van der Waals surface area contributed by atoms with E-state index in [4.69, 9.17) is 9.26 Å². The molecule has 1 aromatic rings. The molecule has 3 fully saturated rings. The molecule has 0 aromatic heterocycles. The number of aliphatic hydroxyl groups excluding tert-OH is 1. The summed E-state index contributed by atoms with van der Waals surface area (Å²) in [5.74, 6) is -3.20. The highest BCUT2D eigenvalue weighted by atomic mass is 32.2. The van der Waals surface area contributed by atoms with E-state index in [1.807, 2.05) is 6.07 Å². The number of rotatable bonds is 18. The second-order valence-corrected chi connectivity index (χ2v) is 19.5. The molecule has 1 aromatic carbocycles. The molecule has 15 heteroatoms. The van der Waals surface area contributed by atoms with Crippen molar-refractivity contribution in [3.05, 3.63) is 29.3 Å². The lowest BCUT2D eigenvalue weighted by atomic mass is 9.52. The van der Waals surface area contributed by atoms with Crippen LogP contribution in [-0.2, 0) is 31.3 Å². The van der Waals surface area contributed by atoms with E-state index in [1.165, 1.54) is 17.3 Å². The first-order valence-corrected chi connectivity index (χ1v) is 22.5. The quantitative estimate of drug-likeness (QED) is 0.0655. The molecule has 0 amide bonds. The second-order valence-electron chi connectivity index (χ2n) is 16.1. The molecule has 0 spiro atoms. The number of hydrogen-bond donors (Lipinski definition) is 2. The summed E-state index contributed by atoms with van der Waals surface area (Å²) in [6.45, 7) is 2.52. The molecule has 2 N–H and O–H groups in total. The lowest BCUT2D eigenvalue weighted by Crippen LogP contribution is -2.47. The highest BCUT2D eigenvalue weighted by Crippen LogP contribution is 2.63. The van der Waals surface area contributed by atoms with Gasteiger partial charge in [0.05, 0.1) is 13.2 Å². The normalized spacial score (nSPS) is 30.6. The van der Waals surface area contributed by atoms with E-state index in [0.717, 1.165) is 82.6 Å². The number of unbranched alkanes of at least 4 members (excludes halogenated alkanes) is 6. The number of fused-ring (bicyclic) bond motifs is 5. The summed E-state index contributed by atoms with van der Waals surface area (Å²) in [4.78, 5) is 23.2. The average Bonchev–Trinajstić information content (AvgIpc) is 3.71. The molecule has 3 aliphatic carbocycles. The fourth-order valence-corrected chi connectivity index (χ4v) is 12.6. The number of halogens is 5. The van der Waals surface area contributed by atoms with Crippen molar-refractivity contribution in [2.45, 2.75) is 146 Å². The van der Waals surface area contributed by atoms with E-state index in [0.29, 0.717) is 54.4 Å². The first-order valence-electron chi connectivity index (χ1n) is 19.5. The molecule has 8 nitrogen and oxygen atoms in total. The van der Waals surface area contributed by atoms with Crippen LogP contribution in [0.1, 0.15) is 127 Å². The molecule has 53 heavy (non-hydrogen) atoms. The Hall–Kier alpha value is -1.60. The van der Waals surface area contributed by atoms with Crippen LogP contribution in [0.25, 0.3) is 0 Å². The molecule has 5 rings (SSSR count). The van der Waals surface area contributed by atoms with E-state index in [2.05, 4.69) is 13.0 Å². The predicted molar refractivity (Wildman–Crippen MR) is 193 cm³/mol. The van der Waals surface area contributed by atoms with E-state index >= 15 is 0 Å². The minimum absolute atomic E-state index is 0.0901. The van der Waals surface area contributed by atoms with Crippen molar-refractivity contribution in [1.82, 2.24) is 4.67 Å². The minimum Gasteiger partial charge on any atom is -0.468 e. The topological polar surface area (TPSA) is 113 Å². The summed E-state index contributed by atoms with van der Waals surface area (Å²) in [5, 5.41) is 11.0. The summed E-state index contributed by atoms with van der Waals surface area (Å²) < 4.78 is 100. The van der Waals surface area contributed by atoms with Gasteiger partial charge in [-0.1, -0.05) is 51.5 Å². The number of carbonyl (C=O) groups excluding carboxylic acids is 1. The molecule has 3 unspecified atom stereocenters. The lowest BCUT2D eigenvalue weighted by Gasteiger charge is -2.53. The van der Waals surface area contributed by atoms with Gasteiger partial charge in [-0.2, -0.15) is 26.6 Å². The van der Waals surface area contributed by atoms with Crippen molar-refractivity contribution < 1.29 is 54.8 Å². The Kier molecular flexibility index (Phi) is 14.2. The summed E-state index contributed by atoms with van der Waals surface area (Å²) in [7, 11) is -4.46. The van der Waals surface area contributed by atoms with Crippen LogP contribution in [0.3, 0.4) is 0 Å². The number of aliphatic hydroxyl groups is 1. The average molecular weight is 798 g/mol. The largest absolute Gasteiger partial charge is 0.468 e. The number of hydrogen-bond acceptors (Lipinski definition) is 6. The fourth-order valence-electron chi connectivity index (χ4n) is 9.95. The Morgan fingerprint density at radius 2 is 1.68 bits per heavy atom. The number of alkyl halides is 5. The van der Waals surface area contributed by atoms with Crippen molar-refractivity contribution in [2.75, 3.05) is 25.2 Å². The molecule has 1 heterocycles. The first kappa shape index (κ1) is 42.5. The summed E-state index contributed by atoms with van der Waals surface area (Å²) in [5.41, 5.74) is 2.31. The maximum Gasteiger partial charge on any atom is 0.459 e. The van der Waals surface area contributed by atoms with E-state index in [1.54, 1.807) is 6.07 Å². The van der Waals surface area contributed by atoms with Gasteiger partial charge in [0.2, 0.25) is 0 Å². The zero-order valence-electron chi connectivity index (χ0n) is 31.0. The van der Waals surface area contributed by atoms with Gasteiger partial charge in [-0.15, -0.1) is 0 Å². The van der Waals surface area contributed by atoms with Gasteiger partial charge < -0.3 is 19.3 Å². The van der Waals surface area contributed by atoms with E-state index in [9.17, 15) is 45.5 Å². The number of benzene rings is 1.